The normalized spacial score (nSPS) is 18.1. The molecule has 0 saturated carbocycles. The first-order chi connectivity index (χ1) is 8.44. The molecule has 0 N–H and O–H groups in total. The number of hydrogen-bond acceptors (Lipinski definition) is 3. The fourth-order valence-electron chi connectivity index (χ4n) is 1.96. The van der Waals surface area contributed by atoms with Crippen molar-refractivity contribution < 1.29 is 13.2 Å². The van der Waals surface area contributed by atoms with E-state index in [2.05, 4.69) is 20.9 Å². The van der Waals surface area contributed by atoms with Gasteiger partial charge in [-0.1, -0.05) is 6.07 Å². The van der Waals surface area contributed by atoms with Gasteiger partial charge in [0, 0.05) is 26.2 Å². The number of alkyl halides is 3. The lowest BCUT2D eigenvalue weighted by Crippen LogP contribution is -2.49. The maximum Gasteiger partial charge on any atom is 0.401 e. The summed E-state index contributed by atoms with van der Waals surface area (Å²) < 4.78 is 37.5. The van der Waals surface area contributed by atoms with Gasteiger partial charge in [0.15, 0.2) is 0 Å². The van der Waals surface area contributed by atoms with Gasteiger partial charge in [-0.2, -0.15) is 13.2 Å². The standard InChI is InChI=1S/C11H13BrF3N3/c12-9-2-1-3-10(16-9)18-6-4-17(5-7-18)8-11(13,14)15/h1-3H,4-8H2. The molecule has 2 heterocycles. The maximum atomic E-state index is 12.2. The molecule has 1 fully saturated rings. The molecule has 0 amide bonds. The lowest BCUT2D eigenvalue weighted by atomic mass is 10.3. The second-order valence-electron chi connectivity index (χ2n) is 4.20. The molecule has 0 radical (unpaired) electrons. The Balaban J connectivity index is 1.91. The third-order valence-corrected chi connectivity index (χ3v) is 3.24. The number of aromatic nitrogens is 1. The van der Waals surface area contributed by atoms with Gasteiger partial charge in [0.25, 0.3) is 0 Å². The van der Waals surface area contributed by atoms with Crippen molar-refractivity contribution >= 4 is 21.7 Å². The second-order valence-corrected chi connectivity index (χ2v) is 5.01. The first-order valence-corrected chi connectivity index (χ1v) is 6.40. The van der Waals surface area contributed by atoms with Crippen molar-refractivity contribution in [2.75, 3.05) is 37.6 Å². The summed E-state index contributed by atoms with van der Waals surface area (Å²) in [6.07, 6.45) is -4.11. The molecule has 1 saturated heterocycles. The van der Waals surface area contributed by atoms with Crippen LogP contribution in [0.15, 0.2) is 22.8 Å². The zero-order chi connectivity index (χ0) is 13.2. The molecule has 2 rings (SSSR count). The van der Waals surface area contributed by atoms with Crippen LogP contribution in [-0.4, -0.2) is 48.8 Å². The monoisotopic (exact) mass is 323 g/mol. The van der Waals surface area contributed by atoms with Crippen LogP contribution in [0.2, 0.25) is 0 Å². The van der Waals surface area contributed by atoms with Gasteiger partial charge in [0.05, 0.1) is 6.54 Å². The number of anilines is 1. The Bertz CT molecular complexity index is 403. The minimum atomic E-state index is -4.11. The highest BCUT2D eigenvalue weighted by Gasteiger charge is 2.32. The zero-order valence-electron chi connectivity index (χ0n) is 9.62. The zero-order valence-corrected chi connectivity index (χ0v) is 11.2. The van der Waals surface area contributed by atoms with Crippen LogP contribution in [0.1, 0.15) is 0 Å². The summed E-state index contributed by atoms with van der Waals surface area (Å²) in [5, 5.41) is 0. The molecule has 0 unspecified atom stereocenters. The van der Waals surface area contributed by atoms with Crippen molar-refractivity contribution in [3.05, 3.63) is 22.8 Å². The molecule has 7 heteroatoms. The van der Waals surface area contributed by atoms with E-state index in [1.807, 2.05) is 23.1 Å². The summed E-state index contributed by atoms with van der Waals surface area (Å²) in [7, 11) is 0. The van der Waals surface area contributed by atoms with Gasteiger partial charge < -0.3 is 4.90 Å². The molecule has 0 bridgehead atoms. The number of hydrogen-bond donors (Lipinski definition) is 0. The Kier molecular flexibility index (Phi) is 4.11. The average Bonchev–Trinajstić information content (AvgIpc) is 2.28. The first-order valence-electron chi connectivity index (χ1n) is 5.61. The van der Waals surface area contributed by atoms with Crippen LogP contribution in [0.4, 0.5) is 19.0 Å². The number of nitrogens with zero attached hydrogens (tertiary/aromatic N) is 3. The van der Waals surface area contributed by atoms with Crippen LogP contribution in [0.3, 0.4) is 0 Å². The highest BCUT2D eigenvalue weighted by atomic mass is 79.9. The van der Waals surface area contributed by atoms with E-state index in [-0.39, 0.29) is 0 Å². The van der Waals surface area contributed by atoms with Gasteiger partial charge in [0.1, 0.15) is 10.4 Å². The van der Waals surface area contributed by atoms with Crippen molar-refractivity contribution in [1.29, 1.82) is 0 Å². The molecule has 0 aromatic carbocycles. The largest absolute Gasteiger partial charge is 0.401 e. The summed E-state index contributed by atoms with van der Waals surface area (Å²) in [5.41, 5.74) is 0. The lowest BCUT2D eigenvalue weighted by Gasteiger charge is -2.35. The third-order valence-electron chi connectivity index (χ3n) is 2.80. The van der Waals surface area contributed by atoms with E-state index in [4.69, 9.17) is 0 Å². The maximum absolute atomic E-state index is 12.2. The molecule has 1 aromatic heterocycles. The fourth-order valence-corrected chi connectivity index (χ4v) is 2.30. The predicted octanol–water partition coefficient (Wildman–Crippen LogP) is 2.53. The van der Waals surface area contributed by atoms with Crippen molar-refractivity contribution in [3.8, 4) is 0 Å². The van der Waals surface area contributed by atoms with Crippen LogP contribution >= 0.6 is 15.9 Å². The van der Waals surface area contributed by atoms with Gasteiger partial charge in [-0.3, -0.25) is 4.90 Å². The topological polar surface area (TPSA) is 19.4 Å². The van der Waals surface area contributed by atoms with Gasteiger partial charge in [0.2, 0.25) is 0 Å². The highest BCUT2D eigenvalue weighted by molar-refractivity contribution is 9.10. The van der Waals surface area contributed by atoms with E-state index in [1.165, 1.54) is 4.90 Å². The number of piperazine rings is 1. The smallest absolute Gasteiger partial charge is 0.354 e. The van der Waals surface area contributed by atoms with Gasteiger partial charge in [-0.25, -0.2) is 4.98 Å². The van der Waals surface area contributed by atoms with Crippen LogP contribution in [0, 0.1) is 0 Å². The lowest BCUT2D eigenvalue weighted by molar-refractivity contribution is -0.146. The van der Waals surface area contributed by atoms with E-state index < -0.39 is 12.7 Å². The first kappa shape index (κ1) is 13.6. The molecule has 3 nitrogen and oxygen atoms in total. The molecular weight excluding hydrogens is 311 g/mol. The van der Waals surface area contributed by atoms with Crippen LogP contribution in [-0.2, 0) is 0 Å². The van der Waals surface area contributed by atoms with E-state index in [1.54, 1.807) is 0 Å². The van der Waals surface area contributed by atoms with Crippen LogP contribution < -0.4 is 4.90 Å². The number of halogens is 4. The van der Waals surface area contributed by atoms with Crippen LogP contribution in [0.25, 0.3) is 0 Å². The molecule has 18 heavy (non-hydrogen) atoms. The van der Waals surface area contributed by atoms with Gasteiger partial charge in [-0.15, -0.1) is 0 Å². The average molecular weight is 324 g/mol. The SMILES string of the molecule is FC(F)(F)CN1CCN(c2cccc(Br)n2)CC1. The number of pyridine rings is 1. The van der Waals surface area contributed by atoms with Gasteiger partial charge >= 0.3 is 6.18 Å². The molecule has 0 atom stereocenters. The van der Waals surface area contributed by atoms with Gasteiger partial charge in [-0.05, 0) is 28.1 Å². The van der Waals surface area contributed by atoms with E-state index in [0.717, 1.165) is 10.4 Å². The minimum Gasteiger partial charge on any atom is -0.354 e. The summed E-state index contributed by atoms with van der Waals surface area (Å²) in [6, 6.07) is 5.56. The Labute approximate surface area is 112 Å². The van der Waals surface area contributed by atoms with Crippen molar-refractivity contribution in [3.63, 3.8) is 0 Å². The summed E-state index contributed by atoms with van der Waals surface area (Å²) in [6.45, 7) is 1.13. The molecule has 100 valence electrons. The van der Waals surface area contributed by atoms with E-state index in [9.17, 15) is 13.2 Å². The highest BCUT2D eigenvalue weighted by Crippen LogP contribution is 2.20. The summed E-state index contributed by atoms with van der Waals surface area (Å²) in [5.74, 6) is 0.802. The van der Waals surface area contributed by atoms with Crippen LogP contribution in [0.5, 0.6) is 0 Å². The van der Waals surface area contributed by atoms with Crippen molar-refractivity contribution in [2.24, 2.45) is 0 Å². The quantitative estimate of drug-likeness (QED) is 0.780. The van der Waals surface area contributed by atoms with Crippen molar-refractivity contribution in [2.45, 2.75) is 6.18 Å². The Morgan fingerprint density at radius 2 is 1.83 bits per heavy atom. The Morgan fingerprint density at radius 3 is 2.39 bits per heavy atom. The summed E-state index contributed by atoms with van der Waals surface area (Å²) >= 11 is 3.28. The number of rotatable bonds is 2. The second kappa shape index (κ2) is 5.44. The van der Waals surface area contributed by atoms with E-state index in [0.29, 0.717) is 26.2 Å². The molecule has 0 aliphatic carbocycles. The van der Waals surface area contributed by atoms with Crippen molar-refractivity contribution in [1.82, 2.24) is 9.88 Å². The molecule has 1 aliphatic heterocycles. The molecular formula is C11H13BrF3N3. The molecule has 1 aromatic rings. The fraction of sp³-hybridized carbons (Fsp3) is 0.545. The molecule has 1 aliphatic rings. The minimum absolute atomic E-state index is 0.410. The molecule has 0 spiro atoms. The predicted molar refractivity (Wildman–Crippen MR) is 66.6 cm³/mol. The Hall–Kier alpha value is -0.820. The summed E-state index contributed by atoms with van der Waals surface area (Å²) in [4.78, 5) is 7.72. The third kappa shape index (κ3) is 3.84. The Morgan fingerprint density at radius 1 is 1.17 bits per heavy atom. The van der Waals surface area contributed by atoms with E-state index >= 15 is 0 Å².